The van der Waals surface area contributed by atoms with E-state index in [0.29, 0.717) is 13.0 Å². The van der Waals surface area contributed by atoms with Gasteiger partial charge < -0.3 is 10.6 Å². The normalized spacial score (nSPS) is 15.7. The molecule has 0 unspecified atom stereocenters. The monoisotopic (exact) mass is 339 g/mol. The number of carbonyl (C=O) groups excluding carboxylic acids is 2. The van der Waals surface area contributed by atoms with Gasteiger partial charge in [-0.15, -0.1) is 0 Å². The van der Waals surface area contributed by atoms with E-state index in [1.165, 1.54) is 12.1 Å². The molecule has 7 nitrogen and oxygen atoms in total. The number of hydrogen-bond acceptors (Lipinski definition) is 4. The summed E-state index contributed by atoms with van der Waals surface area (Å²) in [5.41, 5.74) is 0.766. The summed E-state index contributed by atoms with van der Waals surface area (Å²) in [6, 6.07) is 5.32. The summed E-state index contributed by atoms with van der Waals surface area (Å²) in [7, 11) is -3.90. The van der Waals surface area contributed by atoms with Crippen LogP contribution in [-0.4, -0.2) is 26.9 Å². The van der Waals surface area contributed by atoms with E-state index >= 15 is 0 Å². The fourth-order valence-electron chi connectivity index (χ4n) is 2.59. The number of benzene rings is 1. The van der Waals surface area contributed by atoms with Crippen LogP contribution in [0.15, 0.2) is 29.2 Å². The van der Waals surface area contributed by atoms with Crippen molar-refractivity contribution in [3.8, 4) is 0 Å². The molecule has 0 spiro atoms. The Morgan fingerprint density at radius 2 is 1.78 bits per heavy atom. The molecule has 1 aromatic rings. The Balaban J connectivity index is 1.94. The average Bonchev–Trinajstić information content (AvgIpc) is 2.53. The summed E-state index contributed by atoms with van der Waals surface area (Å²) in [4.78, 5) is 22.1. The van der Waals surface area contributed by atoms with E-state index in [-0.39, 0.29) is 10.9 Å². The van der Waals surface area contributed by atoms with Crippen LogP contribution in [0.4, 0.5) is 4.79 Å². The van der Waals surface area contributed by atoms with Gasteiger partial charge in [0.1, 0.15) is 0 Å². The van der Waals surface area contributed by atoms with Crippen LogP contribution >= 0.6 is 0 Å². The zero-order valence-corrected chi connectivity index (χ0v) is 13.6. The maximum Gasteiger partial charge on any atom is 0.328 e. The summed E-state index contributed by atoms with van der Waals surface area (Å²) in [6.07, 6.45) is 5.59. The van der Waals surface area contributed by atoms with Crippen molar-refractivity contribution in [2.45, 2.75) is 49.6 Å². The van der Waals surface area contributed by atoms with Crippen LogP contribution in [0.25, 0.3) is 0 Å². The Hall–Kier alpha value is -2.09. The van der Waals surface area contributed by atoms with E-state index in [0.717, 1.165) is 37.7 Å². The van der Waals surface area contributed by atoms with Crippen LogP contribution in [0.5, 0.6) is 0 Å². The molecule has 1 aliphatic rings. The van der Waals surface area contributed by atoms with E-state index in [2.05, 4.69) is 10.6 Å². The molecule has 0 atom stereocenters. The molecule has 0 aliphatic heterocycles. The quantitative estimate of drug-likeness (QED) is 0.679. The van der Waals surface area contributed by atoms with Crippen LogP contribution in [0.2, 0.25) is 0 Å². The highest BCUT2D eigenvalue weighted by Crippen LogP contribution is 2.17. The molecular weight excluding hydrogens is 318 g/mol. The molecule has 0 aromatic heterocycles. The van der Waals surface area contributed by atoms with Crippen LogP contribution in [0.3, 0.4) is 0 Å². The first-order valence-corrected chi connectivity index (χ1v) is 9.09. The fraction of sp³-hybridized carbons (Fsp3) is 0.467. The van der Waals surface area contributed by atoms with Gasteiger partial charge in [0.2, 0.25) is 6.41 Å². The molecule has 3 N–H and O–H groups in total. The number of hydrogen-bond donors (Lipinski definition) is 3. The molecule has 0 saturated heterocycles. The zero-order valence-electron chi connectivity index (χ0n) is 12.7. The van der Waals surface area contributed by atoms with Gasteiger partial charge in [-0.2, -0.15) is 0 Å². The van der Waals surface area contributed by atoms with Crippen LogP contribution < -0.4 is 15.4 Å². The first-order chi connectivity index (χ1) is 11.0. The second kappa shape index (κ2) is 7.96. The minimum atomic E-state index is -3.90. The van der Waals surface area contributed by atoms with Gasteiger partial charge in [0.15, 0.2) is 0 Å². The third-order valence-corrected chi connectivity index (χ3v) is 5.14. The van der Waals surface area contributed by atoms with Crippen molar-refractivity contribution in [3.63, 3.8) is 0 Å². The molecule has 3 amide bonds. The third kappa shape index (κ3) is 5.24. The Morgan fingerprint density at radius 1 is 1.13 bits per heavy atom. The average molecular weight is 339 g/mol. The number of nitrogens with one attached hydrogen (secondary N) is 3. The lowest BCUT2D eigenvalue weighted by molar-refractivity contribution is -0.109. The van der Waals surface area contributed by atoms with Gasteiger partial charge in [0.25, 0.3) is 10.0 Å². The Bertz CT molecular complexity index is 637. The number of rotatable bonds is 6. The lowest BCUT2D eigenvalue weighted by Crippen LogP contribution is -2.45. The Kier molecular flexibility index (Phi) is 5.97. The Morgan fingerprint density at radius 3 is 2.39 bits per heavy atom. The minimum absolute atomic E-state index is 0.00569. The van der Waals surface area contributed by atoms with Gasteiger partial charge in [-0.3, -0.25) is 4.79 Å². The lowest BCUT2D eigenvalue weighted by Gasteiger charge is -2.22. The lowest BCUT2D eigenvalue weighted by atomic mass is 9.96. The molecule has 1 aliphatic carbocycles. The van der Waals surface area contributed by atoms with Crippen molar-refractivity contribution < 1.29 is 18.0 Å². The summed E-state index contributed by atoms with van der Waals surface area (Å²) >= 11 is 0. The second-order valence-electron chi connectivity index (χ2n) is 5.56. The van der Waals surface area contributed by atoms with Gasteiger partial charge in [-0.25, -0.2) is 17.9 Å². The van der Waals surface area contributed by atoms with Gasteiger partial charge in [-0.1, -0.05) is 31.4 Å². The van der Waals surface area contributed by atoms with Crippen molar-refractivity contribution in [1.29, 1.82) is 0 Å². The van der Waals surface area contributed by atoms with E-state index in [9.17, 15) is 18.0 Å². The largest absolute Gasteiger partial charge is 0.355 e. The first kappa shape index (κ1) is 17.3. The topological polar surface area (TPSA) is 104 Å². The summed E-state index contributed by atoms with van der Waals surface area (Å²) in [5.74, 6) is 0. The van der Waals surface area contributed by atoms with E-state index < -0.39 is 16.1 Å². The predicted octanol–water partition coefficient (Wildman–Crippen LogP) is 1.25. The third-order valence-electron chi connectivity index (χ3n) is 3.79. The van der Waals surface area contributed by atoms with Crippen molar-refractivity contribution in [1.82, 2.24) is 15.4 Å². The second-order valence-corrected chi connectivity index (χ2v) is 7.24. The minimum Gasteiger partial charge on any atom is -0.355 e. The molecule has 23 heavy (non-hydrogen) atoms. The van der Waals surface area contributed by atoms with Crippen LogP contribution in [0, 0.1) is 0 Å². The maximum absolute atomic E-state index is 12.2. The van der Waals surface area contributed by atoms with Gasteiger partial charge in [0, 0.05) is 12.6 Å². The van der Waals surface area contributed by atoms with Crippen LogP contribution in [0.1, 0.15) is 37.7 Å². The van der Waals surface area contributed by atoms with Crippen molar-refractivity contribution in [2.24, 2.45) is 0 Å². The molecule has 1 fully saturated rings. The van der Waals surface area contributed by atoms with Crippen molar-refractivity contribution in [3.05, 3.63) is 29.8 Å². The Labute approximate surface area is 135 Å². The smallest absolute Gasteiger partial charge is 0.328 e. The molecular formula is C15H21N3O4S. The van der Waals surface area contributed by atoms with Crippen LogP contribution in [-0.2, 0) is 21.4 Å². The summed E-state index contributed by atoms with van der Waals surface area (Å²) < 4.78 is 26.4. The number of amides is 3. The molecule has 126 valence electrons. The summed E-state index contributed by atoms with van der Waals surface area (Å²) in [5, 5.41) is 5.20. The van der Waals surface area contributed by atoms with Gasteiger partial charge in [-0.05, 0) is 30.5 Å². The molecule has 1 aromatic carbocycles. The SMILES string of the molecule is O=CNCc1ccc(S(=O)(=O)NC(=O)NC2CCCCC2)cc1. The molecule has 0 radical (unpaired) electrons. The molecule has 2 rings (SSSR count). The molecule has 1 saturated carbocycles. The zero-order chi connectivity index (χ0) is 16.7. The number of sulfonamides is 1. The predicted molar refractivity (Wildman–Crippen MR) is 85.1 cm³/mol. The van der Waals surface area contributed by atoms with Gasteiger partial charge in [0.05, 0.1) is 4.90 Å². The van der Waals surface area contributed by atoms with E-state index in [1.807, 2.05) is 4.72 Å². The van der Waals surface area contributed by atoms with E-state index in [1.54, 1.807) is 12.1 Å². The van der Waals surface area contributed by atoms with Crippen molar-refractivity contribution in [2.75, 3.05) is 0 Å². The highest BCUT2D eigenvalue weighted by molar-refractivity contribution is 7.90. The fourth-order valence-corrected chi connectivity index (χ4v) is 3.50. The number of carbonyl (C=O) groups is 2. The maximum atomic E-state index is 12.2. The van der Waals surface area contributed by atoms with Crippen molar-refractivity contribution >= 4 is 22.5 Å². The first-order valence-electron chi connectivity index (χ1n) is 7.60. The highest BCUT2D eigenvalue weighted by atomic mass is 32.2. The van der Waals surface area contributed by atoms with E-state index in [4.69, 9.17) is 0 Å². The highest BCUT2D eigenvalue weighted by Gasteiger charge is 2.21. The number of urea groups is 1. The standard InChI is InChI=1S/C15H21N3O4S/c19-11-16-10-12-6-8-14(9-7-12)23(21,22)18-15(20)17-13-4-2-1-3-5-13/h6-9,11,13H,1-5,10H2,(H,16,19)(H2,17,18,20). The summed E-state index contributed by atoms with van der Waals surface area (Å²) in [6.45, 7) is 0.319. The molecule has 8 heteroatoms. The molecule has 0 heterocycles. The van der Waals surface area contributed by atoms with Gasteiger partial charge >= 0.3 is 6.03 Å². The molecule has 0 bridgehead atoms.